The van der Waals surface area contributed by atoms with Crippen LogP contribution < -0.4 is 21.7 Å². The normalized spacial score (nSPS) is 13.4. The van der Waals surface area contributed by atoms with Gasteiger partial charge < -0.3 is 31.7 Å². The second-order valence-corrected chi connectivity index (χ2v) is 13.9. The highest BCUT2D eigenvalue weighted by Crippen LogP contribution is 2.29. The third kappa shape index (κ3) is 13.1. The summed E-state index contributed by atoms with van der Waals surface area (Å²) < 4.78 is 0. The summed E-state index contributed by atoms with van der Waals surface area (Å²) in [4.78, 5) is 67.8. The Morgan fingerprint density at radius 1 is 1.09 bits per heavy atom. The lowest BCUT2D eigenvalue weighted by Crippen LogP contribution is -2.42. The van der Waals surface area contributed by atoms with E-state index >= 15 is 0 Å². The van der Waals surface area contributed by atoms with E-state index < -0.39 is 29.4 Å². The van der Waals surface area contributed by atoms with Crippen LogP contribution in [0, 0.1) is 11.3 Å². The van der Waals surface area contributed by atoms with E-state index in [-0.39, 0.29) is 42.4 Å². The van der Waals surface area contributed by atoms with Gasteiger partial charge in [-0.25, -0.2) is 4.98 Å². The maximum Gasteiger partial charge on any atom is 0.309 e. The molecule has 12 nitrogen and oxygen atoms in total. The molecule has 47 heavy (non-hydrogen) atoms. The van der Waals surface area contributed by atoms with Gasteiger partial charge in [0, 0.05) is 36.6 Å². The second-order valence-electron chi connectivity index (χ2n) is 13.0. The van der Waals surface area contributed by atoms with Crippen molar-refractivity contribution in [2.24, 2.45) is 17.1 Å². The summed E-state index contributed by atoms with van der Waals surface area (Å²) in [7, 11) is 0. The Kier molecular flexibility index (Phi) is 16.0. The fraction of sp³-hybridized carbons (Fsp3) is 0.588. The van der Waals surface area contributed by atoms with Crippen molar-refractivity contribution in [3.8, 4) is 0 Å². The predicted molar refractivity (Wildman–Crippen MR) is 184 cm³/mol. The molecular formula is C34H52N6O6S. The SMILES string of the molecule is CCCCCCN(C=O)[C@H](C[C@@H](NC(C)=O)c1nc(C(=O)N[C@@H](Cc2ccc(NC(=O)CN)cc2)CC(C)(C)C(=O)O)cs1)C(C)C. The zero-order chi connectivity index (χ0) is 35.1. The van der Waals surface area contributed by atoms with Gasteiger partial charge in [-0.2, -0.15) is 0 Å². The van der Waals surface area contributed by atoms with Crippen molar-refractivity contribution in [3.63, 3.8) is 0 Å². The molecule has 0 unspecified atom stereocenters. The molecule has 2 aromatic rings. The Hall–Kier alpha value is -3.84. The standard InChI is InChI=1S/C34H52N6O6S/c1-7-8-9-10-15-40(21-41)29(22(2)3)17-27(36-23(4)42)32-39-28(20-47-32)31(44)38-26(18-34(5,6)33(45)46)16-24-11-13-25(14-12-24)37-30(43)19-35/h11-14,20-22,26-27,29H,7-10,15-19,35H2,1-6H3,(H,36,42)(H,37,43)(H,38,44)(H,45,46)/t26-,27+,29+/m0/s1. The van der Waals surface area contributed by atoms with Crippen LogP contribution in [0.1, 0.15) is 107 Å². The summed E-state index contributed by atoms with van der Waals surface area (Å²) in [6.45, 7) is 11.4. The van der Waals surface area contributed by atoms with Gasteiger partial charge in [-0.3, -0.25) is 24.0 Å². The van der Waals surface area contributed by atoms with Crippen LogP contribution in [0.15, 0.2) is 29.6 Å². The molecule has 13 heteroatoms. The first kappa shape index (κ1) is 39.3. The van der Waals surface area contributed by atoms with Crippen LogP contribution in [0.3, 0.4) is 0 Å². The number of carbonyl (C=O) groups is 5. The van der Waals surface area contributed by atoms with Crippen LogP contribution in [0.25, 0.3) is 0 Å². The van der Waals surface area contributed by atoms with Gasteiger partial charge in [-0.05, 0) is 63.1 Å². The molecule has 0 fully saturated rings. The maximum absolute atomic E-state index is 13.5. The highest BCUT2D eigenvalue weighted by Gasteiger charge is 2.33. The fourth-order valence-electron chi connectivity index (χ4n) is 5.43. The molecule has 0 saturated heterocycles. The van der Waals surface area contributed by atoms with Gasteiger partial charge >= 0.3 is 5.97 Å². The monoisotopic (exact) mass is 672 g/mol. The van der Waals surface area contributed by atoms with Crippen LogP contribution in [0.5, 0.6) is 0 Å². The minimum Gasteiger partial charge on any atom is -0.481 e. The average molecular weight is 673 g/mol. The van der Waals surface area contributed by atoms with Gasteiger partial charge in [0.05, 0.1) is 18.0 Å². The number of nitrogens with two attached hydrogens (primary N) is 1. The molecule has 0 radical (unpaired) electrons. The van der Waals surface area contributed by atoms with Gasteiger partial charge in [0.25, 0.3) is 5.91 Å². The number of carbonyl (C=O) groups excluding carboxylic acids is 4. The minimum atomic E-state index is -1.12. The summed E-state index contributed by atoms with van der Waals surface area (Å²) in [6, 6.07) is 5.84. The Morgan fingerprint density at radius 3 is 2.32 bits per heavy atom. The van der Waals surface area contributed by atoms with Crippen molar-refractivity contribution in [1.29, 1.82) is 0 Å². The molecule has 0 aliphatic carbocycles. The summed E-state index contributed by atoms with van der Waals surface area (Å²) in [6.07, 6.45) is 5.95. The lowest BCUT2D eigenvalue weighted by Gasteiger charge is -2.34. The number of rotatable bonds is 21. The number of anilines is 1. The van der Waals surface area contributed by atoms with Gasteiger partial charge in [0.1, 0.15) is 10.7 Å². The molecule has 6 N–H and O–H groups in total. The van der Waals surface area contributed by atoms with Gasteiger partial charge in [-0.15, -0.1) is 11.3 Å². The zero-order valence-corrected chi connectivity index (χ0v) is 29.3. The van der Waals surface area contributed by atoms with E-state index in [9.17, 15) is 29.1 Å². The Balaban J connectivity index is 2.27. The fourth-order valence-corrected chi connectivity index (χ4v) is 6.29. The second kappa shape index (κ2) is 19.1. The predicted octanol–water partition coefficient (Wildman–Crippen LogP) is 4.51. The Morgan fingerprint density at radius 2 is 1.77 bits per heavy atom. The summed E-state index contributed by atoms with van der Waals surface area (Å²) in [5, 5.41) is 20.6. The van der Waals surface area contributed by atoms with E-state index in [0.717, 1.165) is 37.7 Å². The van der Waals surface area contributed by atoms with E-state index in [1.54, 1.807) is 43.5 Å². The molecule has 0 spiro atoms. The van der Waals surface area contributed by atoms with E-state index in [4.69, 9.17) is 5.73 Å². The van der Waals surface area contributed by atoms with Gasteiger partial charge in [0.2, 0.25) is 18.2 Å². The van der Waals surface area contributed by atoms with E-state index in [1.807, 2.05) is 18.7 Å². The van der Waals surface area contributed by atoms with Crippen molar-refractivity contribution in [2.45, 2.75) is 105 Å². The lowest BCUT2D eigenvalue weighted by molar-refractivity contribution is -0.147. The van der Waals surface area contributed by atoms with Crippen LogP contribution in [0.4, 0.5) is 5.69 Å². The molecule has 0 aliphatic heterocycles. The smallest absolute Gasteiger partial charge is 0.309 e. The maximum atomic E-state index is 13.5. The molecule has 2 rings (SSSR count). The Labute approximate surface area is 282 Å². The first-order valence-corrected chi connectivity index (χ1v) is 17.1. The summed E-state index contributed by atoms with van der Waals surface area (Å²) in [5.74, 6) is -1.89. The number of carboxylic acid groups (broad SMARTS) is 1. The molecular weight excluding hydrogens is 620 g/mol. The van der Waals surface area contributed by atoms with E-state index in [2.05, 4.69) is 27.9 Å². The van der Waals surface area contributed by atoms with E-state index in [1.165, 1.54) is 18.3 Å². The number of carboxylic acids is 1. The number of benzene rings is 1. The number of nitrogens with zero attached hydrogens (tertiary/aromatic N) is 2. The molecule has 1 aromatic heterocycles. The largest absolute Gasteiger partial charge is 0.481 e. The zero-order valence-electron chi connectivity index (χ0n) is 28.5. The number of aromatic nitrogens is 1. The number of amides is 4. The highest BCUT2D eigenvalue weighted by atomic mass is 32.1. The quantitative estimate of drug-likeness (QED) is 0.0947. The number of hydrogen-bond acceptors (Lipinski definition) is 8. The number of aliphatic carboxylic acids is 1. The first-order chi connectivity index (χ1) is 22.2. The van der Waals surface area contributed by atoms with Crippen molar-refractivity contribution in [2.75, 3.05) is 18.4 Å². The van der Waals surface area contributed by atoms with Crippen LogP contribution in [-0.4, -0.2) is 70.3 Å². The molecule has 0 aliphatic rings. The van der Waals surface area contributed by atoms with Gasteiger partial charge in [-0.1, -0.05) is 52.2 Å². The van der Waals surface area contributed by atoms with Crippen molar-refractivity contribution in [3.05, 3.63) is 45.9 Å². The number of thiazole rings is 1. The first-order valence-electron chi connectivity index (χ1n) is 16.3. The summed E-state index contributed by atoms with van der Waals surface area (Å²) in [5.41, 5.74) is 5.82. The number of unbranched alkanes of at least 4 members (excludes halogenated alkanes) is 3. The van der Waals surface area contributed by atoms with Gasteiger partial charge in [0.15, 0.2) is 0 Å². The third-order valence-electron chi connectivity index (χ3n) is 8.08. The average Bonchev–Trinajstić information content (AvgIpc) is 3.51. The molecule has 260 valence electrons. The van der Waals surface area contributed by atoms with Crippen LogP contribution >= 0.6 is 11.3 Å². The molecule has 1 aromatic carbocycles. The topological polar surface area (TPSA) is 184 Å². The van der Waals surface area contributed by atoms with Crippen molar-refractivity contribution >= 4 is 47.1 Å². The summed E-state index contributed by atoms with van der Waals surface area (Å²) >= 11 is 1.25. The third-order valence-corrected chi connectivity index (χ3v) is 9.04. The lowest BCUT2D eigenvalue weighted by atomic mass is 9.84. The van der Waals surface area contributed by atoms with Crippen LogP contribution in [-0.2, 0) is 25.6 Å². The number of hydrogen-bond donors (Lipinski definition) is 5. The van der Waals surface area contributed by atoms with Crippen LogP contribution in [0.2, 0.25) is 0 Å². The molecule has 0 bridgehead atoms. The molecule has 1 heterocycles. The minimum absolute atomic E-state index is 0.120. The van der Waals surface area contributed by atoms with E-state index in [0.29, 0.717) is 30.1 Å². The highest BCUT2D eigenvalue weighted by molar-refractivity contribution is 7.09. The van der Waals surface area contributed by atoms with Crippen molar-refractivity contribution in [1.82, 2.24) is 20.5 Å². The molecule has 3 atom stereocenters. The number of nitrogens with one attached hydrogen (secondary N) is 3. The molecule has 4 amide bonds. The molecule has 0 saturated carbocycles. The van der Waals surface area contributed by atoms with Crippen molar-refractivity contribution < 1.29 is 29.1 Å². The Bertz CT molecular complexity index is 1330.